The Hall–Kier alpha value is -3.30. The zero-order valence-corrected chi connectivity index (χ0v) is 19.3. The predicted octanol–water partition coefficient (Wildman–Crippen LogP) is 5.71. The van der Waals surface area contributed by atoms with E-state index in [0.717, 1.165) is 22.4 Å². The van der Waals surface area contributed by atoms with Gasteiger partial charge in [0.1, 0.15) is 12.1 Å². The van der Waals surface area contributed by atoms with Crippen molar-refractivity contribution in [2.75, 3.05) is 6.54 Å². The Labute approximate surface area is 194 Å². The summed E-state index contributed by atoms with van der Waals surface area (Å²) in [7, 11) is 0. The van der Waals surface area contributed by atoms with Crippen LogP contribution in [0, 0.1) is 11.3 Å². The van der Waals surface area contributed by atoms with Gasteiger partial charge in [-0.2, -0.15) is 5.26 Å². The molecule has 0 fully saturated rings. The predicted molar refractivity (Wildman–Crippen MR) is 125 cm³/mol. The summed E-state index contributed by atoms with van der Waals surface area (Å²) in [5, 5.41) is 9.46. The monoisotopic (exact) mass is 450 g/mol. The molecule has 0 bridgehead atoms. The van der Waals surface area contributed by atoms with E-state index in [1.54, 1.807) is 15.8 Å². The summed E-state index contributed by atoms with van der Waals surface area (Å²) in [6.45, 7) is 6.57. The first-order chi connectivity index (χ1) is 15.2. The van der Waals surface area contributed by atoms with Crippen molar-refractivity contribution in [2.45, 2.75) is 45.9 Å². The van der Waals surface area contributed by atoms with Gasteiger partial charge >= 0.3 is 6.09 Å². The summed E-state index contributed by atoms with van der Waals surface area (Å²) in [6.07, 6.45) is 3.60. The molecule has 0 saturated carbocycles. The number of benzene rings is 2. The fourth-order valence-corrected chi connectivity index (χ4v) is 3.56. The summed E-state index contributed by atoms with van der Waals surface area (Å²) in [6, 6.07) is 17.9. The van der Waals surface area contributed by atoms with Crippen molar-refractivity contribution in [1.82, 2.24) is 14.5 Å². The molecule has 1 aromatic heterocycles. The van der Waals surface area contributed by atoms with Gasteiger partial charge in [0.05, 0.1) is 18.1 Å². The lowest BCUT2D eigenvalue weighted by atomic mass is 10.0. The second-order valence-electron chi connectivity index (χ2n) is 8.53. The van der Waals surface area contributed by atoms with Crippen molar-refractivity contribution >= 4 is 17.7 Å². The van der Waals surface area contributed by atoms with E-state index < -0.39 is 11.7 Å². The van der Waals surface area contributed by atoms with Crippen LogP contribution in [0.2, 0.25) is 5.02 Å². The number of amides is 1. The van der Waals surface area contributed by atoms with E-state index in [0.29, 0.717) is 24.5 Å². The number of carbonyl (C=O) groups is 1. The largest absolute Gasteiger partial charge is 0.444 e. The SMILES string of the molecule is CC(C)(C)OC(=O)N(CCc1cn(CC#N)cn1)Cc1ccc(-c2ccccc2)c(Cl)c1. The van der Waals surface area contributed by atoms with Gasteiger partial charge in [0.15, 0.2) is 0 Å². The fourth-order valence-electron chi connectivity index (χ4n) is 3.24. The molecule has 6 nitrogen and oxygen atoms in total. The zero-order chi connectivity index (χ0) is 23.1. The molecule has 0 aliphatic carbocycles. The van der Waals surface area contributed by atoms with Gasteiger partial charge in [-0.1, -0.05) is 54.1 Å². The van der Waals surface area contributed by atoms with Gasteiger partial charge in [-0.05, 0) is 38.0 Å². The molecule has 0 saturated heterocycles. The minimum Gasteiger partial charge on any atom is -0.444 e. The molecule has 7 heteroatoms. The lowest BCUT2D eigenvalue weighted by Crippen LogP contribution is -2.37. The molecule has 0 aliphatic heterocycles. The molecule has 3 rings (SSSR count). The quantitative estimate of drug-likeness (QED) is 0.462. The first-order valence-corrected chi connectivity index (χ1v) is 10.8. The molecule has 2 aromatic carbocycles. The van der Waals surface area contributed by atoms with Gasteiger partial charge in [-0.3, -0.25) is 0 Å². The van der Waals surface area contributed by atoms with Crippen LogP contribution in [0.25, 0.3) is 11.1 Å². The number of nitrogens with zero attached hydrogens (tertiary/aromatic N) is 4. The number of hydrogen-bond donors (Lipinski definition) is 0. The van der Waals surface area contributed by atoms with E-state index in [1.165, 1.54) is 0 Å². The maximum atomic E-state index is 12.9. The highest BCUT2D eigenvalue weighted by molar-refractivity contribution is 6.33. The van der Waals surface area contributed by atoms with Gasteiger partial charge in [0.25, 0.3) is 0 Å². The van der Waals surface area contributed by atoms with E-state index in [2.05, 4.69) is 11.1 Å². The highest BCUT2D eigenvalue weighted by Crippen LogP contribution is 2.29. The van der Waals surface area contributed by atoms with Gasteiger partial charge < -0.3 is 14.2 Å². The van der Waals surface area contributed by atoms with Gasteiger partial charge in [0.2, 0.25) is 0 Å². The summed E-state index contributed by atoms with van der Waals surface area (Å²) < 4.78 is 7.33. The van der Waals surface area contributed by atoms with Crippen LogP contribution in [0.4, 0.5) is 4.79 Å². The Balaban J connectivity index is 1.76. The number of carbonyl (C=O) groups excluding carboxylic acids is 1. The first kappa shape index (κ1) is 23.4. The van der Waals surface area contributed by atoms with Crippen LogP contribution in [0.3, 0.4) is 0 Å². The fraction of sp³-hybridized carbons (Fsp3) is 0.320. The van der Waals surface area contributed by atoms with Crippen molar-refractivity contribution in [3.63, 3.8) is 0 Å². The number of rotatable bonds is 7. The molecule has 0 aliphatic rings. The molecule has 0 N–H and O–H groups in total. The van der Waals surface area contributed by atoms with Crippen LogP contribution in [0.15, 0.2) is 61.1 Å². The molecular formula is C25H27ClN4O2. The number of nitriles is 1. The van der Waals surface area contributed by atoms with Gasteiger partial charge in [-0.25, -0.2) is 9.78 Å². The van der Waals surface area contributed by atoms with E-state index in [-0.39, 0.29) is 6.54 Å². The van der Waals surface area contributed by atoms with Crippen LogP contribution in [-0.4, -0.2) is 32.7 Å². The third kappa shape index (κ3) is 6.60. The average Bonchev–Trinajstić information content (AvgIpc) is 3.18. The lowest BCUT2D eigenvalue weighted by molar-refractivity contribution is 0.0235. The number of hydrogen-bond acceptors (Lipinski definition) is 4. The van der Waals surface area contributed by atoms with Crippen molar-refractivity contribution in [3.05, 3.63) is 77.3 Å². The second-order valence-corrected chi connectivity index (χ2v) is 8.93. The van der Waals surface area contributed by atoms with Crippen molar-refractivity contribution < 1.29 is 9.53 Å². The maximum Gasteiger partial charge on any atom is 0.410 e. The minimum absolute atomic E-state index is 0.245. The highest BCUT2D eigenvalue weighted by Gasteiger charge is 2.23. The molecule has 0 unspecified atom stereocenters. The second kappa shape index (κ2) is 10.3. The van der Waals surface area contributed by atoms with Crippen LogP contribution in [0.1, 0.15) is 32.0 Å². The molecule has 1 heterocycles. The Morgan fingerprint density at radius 2 is 1.97 bits per heavy atom. The Morgan fingerprint density at radius 3 is 2.62 bits per heavy atom. The lowest BCUT2D eigenvalue weighted by Gasteiger charge is -2.27. The normalized spacial score (nSPS) is 11.1. The summed E-state index contributed by atoms with van der Waals surface area (Å²) in [4.78, 5) is 18.8. The number of imidazole rings is 1. The number of aromatic nitrogens is 2. The van der Waals surface area contributed by atoms with Gasteiger partial charge in [0, 0.05) is 36.3 Å². The summed E-state index contributed by atoms with van der Waals surface area (Å²) in [5.74, 6) is 0. The topological polar surface area (TPSA) is 71.2 Å². The first-order valence-electron chi connectivity index (χ1n) is 10.4. The molecule has 3 aromatic rings. The van der Waals surface area contributed by atoms with Gasteiger partial charge in [-0.15, -0.1) is 0 Å². The summed E-state index contributed by atoms with van der Waals surface area (Å²) >= 11 is 6.57. The standard InChI is InChI=1S/C25H27ClN4O2/c1-25(2,3)32-24(31)30(13-11-21-17-29(14-12-27)18-28-21)16-19-9-10-22(23(26)15-19)20-7-5-4-6-8-20/h4-10,15,17-18H,11,13-14,16H2,1-3H3. The maximum absolute atomic E-state index is 12.9. The Morgan fingerprint density at radius 1 is 1.22 bits per heavy atom. The highest BCUT2D eigenvalue weighted by atomic mass is 35.5. The van der Waals surface area contributed by atoms with E-state index in [4.69, 9.17) is 21.6 Å². The molecule has 0 atom stereocenters. The van der Waals surface area contributed by atoms with E-state index in [9.17, 15) is 4.79 Å². The van der Waals surface area contributed by atoms with Crippen molar-refractivity contribution in [1.29, 1.82) is 5.26 Å². The zero-order valence-electron chi connectivity index (χ0n) is 18.6. The minimum atomic E-state index is -0.599. The molecule has 0 spiro atoms. The van der Waals surface area contributed by atoms with Crippen molar-refractivity contribution in [2.24, 2.45) is 0 Å². The molecular weight excluding hydrogens is 424 g/mol. The van der Waals surface area contributed by atoms with Crippen LogP contribution in [0.5, 0.6) is 0 Å². The Kier molecular flexibility index (Phi) is 7.55. The van der Waals surface area contributed by atoms with Crippen LogP contribution < -0.4 is 0 Å². The number of halogens is 1. The van der Waals surface area contributed by atoms with Crippen LogP contribution in [-0.2, 0) is 24.2 Å². The molecule has 1 amide bonds. The number of ether oxygens (including phenoxy) is 1. The molecule has 166 valence electrons. The third-order valence-corrected chi connectivity index (χ3v) is 5.03. The van der Waals surface area contributed by atoms with Crippen LogP contribution >= 0.6 is 11.6 Å². The van der Waals surface area contributed by atoms with E-state index in [1.807, 2.05) is 75.5 Å². The third-order valence-electron chi connectivity index (χ3n) is 4.72. The molecule has 0 radical (unpaired) electrons. The Bertz CT molecular complexity index is 1100. The van der Waals surface area contributed by atoms with Crippen molar-refractivity contribution in [3.8, 4) is 17.2 Å². The summed E-state index contributed by atoms with van der Waals surface area (Å²) in [5.41, 5.74) is 3.11. The van der Waals surface area contributed by atoms with E-state index >= 15 is 0 Å². The molecule has 32 heavy (non-hydrogen) atoms. The average molecular weight is 451 g/mol. The smallest absolute Gasteiger partial charge is 0.410 e.